The van der Waals surface area contributed by atoms with Crippen molar-refractivity contribution in [2.75, 3.05) is 13.2 Å². The van der Waals surface area contributed by atoms with E-state index in [9.17, 15) is 0 Å². The molecule has 1 aromatic rings. The van der Waals surface area contributed by atoms with Crippen LogP contribution in [0.3, 0.4) is 0 Å². The van der Waals surface area contributed by atoms with Crippen LogP contribution in [0.1, 0.15) is 32.5 Å². The van der Waals surface area contributed by atoms with Gasteiger partial charge in [-0.1, -0.05) is 12.1 Å². The van der Waals surface area contributed by atoms with Crippen LogP contribution in [0, 0.1) is 0 Å². The molecule has 0 aliphatic carbocycles. The minimum absolute atomic E-state index is 0.282. The van der Waals surface area contributed by atoms with Gasteiger partial charge in [0, 0.05) is 19.0 Å². The van der Waals surface area contributed by atoms with Gasteiger partial charge in [-0.2, -0.15) is 4.98 Å². The van der Waals surface area contributed by atoms with Crippen LogP contribution in [0.2, 0.25) is 0 Å². The summed E-state index contributed by atoms with van der Waals surface area (Å²) in [6, 6.07) is 0.410. The summed E-state index contributed by atoms with van der Waals surface area (Å²) in [6.45, 7) is 8.68. The van der Waals surface area contributed by atoms with Crippen molar-refractivity contribution in [1.82, 2.24) is 15.0 Å². The molecule has 2 rings (SSSR count). The van der Waals surface area contributed by atoms with Crippen molar-refractivity contribution in [3.8, 4) is 0 Å². The summed E-state index contributed by atoms with van der Waals surface area (Å²) in [5.74, 6) is 1.49. The third-order valence-corrected chi connectivity index (χ3v) is 2.90. The average Bonchev–Trinajstić information content (AvgIpc) is 2.71. The van der Waals surface area contributed by atoms with Crippen molar-refractivity contribution in [2.45, 2.75) is 45.9 Å². The smallest absolute Gasteiger partial charge is 0.240 e. The van der Waals surface area contributed by atoms with E-state index in [4.69, 9.17) is 9.26 Å². The summed E-state index contributed by atoms with van der Waals surface area (Å²) >= 11 is 0. The zero-order valence-electron chi connectivity index (χ0n) is 10.1. The second-order valence-corrected chi connectivity index (χ2v) is 4.38. The van der Waals surface area contributed by atoms with Crippen molar-refractivity contribution in [3.63, 3.8) is 0 Å². The van der Waals surface area contributed by atoms with E-state index >= 15 is 0 Å². The molecule has 0 spiro atoms. The van der Waals surface area contributed by atoms with Crippen LogP contribution < -0.4 is 0 Å². The van der Waals surface area contributed by atoms with Gasteiger partial charge in [-0.3, -0.25) is 4.90 Å². The highest BCUT2D eigenvalue weighted by molar-refractivity contribution is 4.87. The Bertz CT molecular complexity index is 340. The number of morpholine rings is 1. The molecule has 0 aromatic carbocycles. The van der Waals surface area contributed by atoms with Gasteiger partial charge in [-0.25, -0.2) is 0 Å². The number of hydrogen-bond donors (Lipinski definition) is 0. The molecule has 0 unspecified atom stereocenters. The number of hydrogen-bond acceptors (Lipinski definition) is 5. The van der Waals surface area contributed by atoms with Crippen molar-refractivity contribution in [2.24, 2.45) is 0 Å². The molecule has 5 nitrogen and oxygen atoms in total. The molecule has 90 valence electrons. The van der Waals surface area contributed by atoms with Crippen molar-refractivity contribution >= 4 is 0 Å². The lowest BCUT2D eigenvalue weighted by Gasteiger charge is -2.35. The van der Waals surface area contributed by atoms with Gasteiger partial charge in [0.2, 0.25) is 5.89 Å². The molecule has 0 amide bonds. The first-order valence-electron chi connectivity index (χ1n) is 5.86. The van der Waals surface area contributed by atoms with Crippen LogP contribution in [0.5, 0.6) is 0 Å². The van der Waals surface area contributed by atoms with Gasteiger partial charge < -0.3 is 9.26 Å². The highest BCUT2D eigenvalue weighted by Crippen LogP contribution is 2.14. The van der Waals surface area contributed by atoms with E-state index in [1.807, 2.05) is 6.92 Å². The minimum Gasteiger partial charge on any atom is -0.376 e. The van der Waals surface area contributed by atoms with E-state index in [0.717, 1.165) is 31.9 Å². The molecule has 1 aliphatic heterocycles. The molecule has 1 aromatic heterocycles. The van der Waals surface area contributed by atoms with Gasteiger partial charge in [0.15, 0.2) is 5.82 Å². The second-order valence-electron chi connectivity index (χ2n) is 4.38. The van der Waals surface area contributed by atoms with Crippen LogP contribution in [0.25, 0.3) is 0 Å². The number of ether oxygens (including phenoxy) is 1. The number of rotatable bonds is 3. The standard InChI is InChI=1S/C11H19N3O2/c1-4-10-12-11(16-13-10)6-14-5-9(3)15-7-8(14)2/h8-9H,4-7H2,1-3H3/t8-,9-/m1/s1. The molecule has 0 saturated carbocycles. The second kappa shape index (κ2) is 4.93. The van der Waals surface area contributed by atoms with Gasteiger partial charge in [-0.15, -0.1) is 0 Å². The molecule has 0 N–H and O–H groups in total. The maximum Gasteiger partial charge on any atom is 0.240 e. The Hall–Kier alpha value is -0.940. The summed E-state index contributed by atoms with van der Waals surface area (Å²) < 4.78 is 10.8. The normalized spacial score (nSPS) is 27.2. The average molecular weight is 225 g/mol. The maximum absolute atomic E-state index is 5.58. The first-order valence-corrected chi connectivity index (χ1v) is 5.86. The van der Waals surface area contributed by atoms with E-state index in [0.29, 0.717) is 11.9 Å². The van der Waals surface area contributed by atoms with Crippen molar-refractivity contribution in [3.05, 3.63) is 11.7 Å². The summed E-state index contributed by atoms with van der Waals surface area (Å²) in [5, 5.41) is 3.90. The molecule has 16 heavy (non-hydrogen) atoms. The van der Waals surface area contributed by atoms with E-state index in [1.54, 1.807) is 0 Å². The van der Waals surface area contributed by atoms with Crippen LogP contribution in [0.15, 0.2) is 4.52 Å². The topological polar surface area (TPSA) is 51.4 Å². The summed E-state index contributed by atoms with van der Waals surface area (Å²) in [6.07, 6.45) is 1.10. The molecule has 2 heterocycles. The lowest BCUT2D eigenvalue weighted by atomic mass is 10.2. The van der Waals surface area contributed by atoms with Gasteiger partial charge in [0.25, 0.3) is 0 Å². The molecular weight excluding hydrogens is 206 g/mol. The molecule has 1 saturated heterocycles. The summed E-state index contributed by atoms with van der Waals surface area (Å²) in [4.78, 5) is 6.64. The quantitative estimate of drug-likeness (QED) is 0.774. The van der Waals surface area contributed by atoms with Crippen molar-refractivity contribution in [1.29, 1.82) is 0 Å². The third kappa shape index (κ3) is 2.59. The Kier molecular flexibility index (Phi) is 3.56. The first kappa shape index (κ1) is 11.5. The molecular formula is C11H19N3O2. The van der Waals surface area contributed by atoms with Gasteiger partial charge >= 0.3 is 0 Å². The minimum atomic E-state index is 0.282. The number of aryl methyl sites for hydroxylation is 1. The molecule has 1 aliphatic rings. The fraction of sp³-hybridized carbons (Fsp3) is 0.818. The third-order valence-electron chi connectivity index (χ3n) is 2.90. The predicted molar refractivity (Wildman–Crippen MR) is 59.0 cm³/mol. The predicted octanol–water partition coefficient (Wildman–Crippen LogP) is 1.24. The Morgan fingerprint density at radius 2 is 2.25 bits per heavy atom. The fourth-order valence-corrected chi connectivity index (χ4v) is 1.86. The Morgan fingerprint density at radius 3 is 2.94 bits per heavy atom. The van der Waals surface area contributed by atoms with Crippen LogP contribution in [-0.2, 0) is 17.7 Å². The number of aromatic nitrogens is 2. The fourth-order valence-electron chi connectivity index (χ4n) is 1.86. The largest absolute Gasteiger partial charge is 0.376 e. The van der Waals surface area contributed by atoms with Gasteiger partial charge in [0.1, 0.15) is 0 Å². The van der Waals surface area contributed by atoms with Crippen molar-refractivity contribution < 1.29 is 9.26 Å². The highest BCUT2D eigenvalue weighted by atomic mass is 16.5. The number of nitrogens with zero attached hydrogens (tertiary/aromatic N) is 3. The zero-order valence-corrected chi connectivity index (χ0v) is 10.1. The van der Waals surface area contributed by atoms with E-state index < -0.39 is 0 Å². The molecule has 1 fully saturated rings. The zero-order chi connectivity index (χ0) is 11.5. The highest BCUT2D eigenvalue weighted by Gasteiger charge is 2.24. The van der Waals surface area contributed by atoms with Crippen LogP contribution >= 0.6 is 0 Å². The summed E-state index contributed by atoms with van der Waals surface area (Å²) in [7, 11) is 0. The summed E-state index contributed by atoms with van der Waals surface area (Å²) in [5.41, 5.74) is 0. The van der Waals surface area contributed by atoms with Gasteiger partial charge in [-0.05, 0) is 13.8 Å². The Labute approximate surface area is 95.8 Å². The Morgan fingerprint density at radius 1 is 1.44 bits per heavy atom. The van der Waals surface area contributed by atoms with E-state index in [2.05, 4.69) is 28.9 Å². The van der Waals surface area contributed by atoms with E-state index in [-0.39, 0.29) is 6.10 Å². The Balaban J connectivity index is 1.97. The van der Waals surface area contributed by atoms with E-state index in [1.165, 1.54) is 0 Å². The molecule has 2 atom stereocenters. The van der Waals surface area contributed by atoms with Crippen LogP contribution in [-0.4, -0.2) is 40.3 Å². The molecule has 5 heteroatoms. The lowest BCUT2D eigenvalue weighted by Crippen LogP contribution is -2.46. The first-order chi connectivity index (χ1) is 7.69. The molecule has 0 radical (unpaired) electrons. The maximum atomic E-state index is 5.58. The monoisotopic (exact) mass is 225 g/mol. The molecule has 0 bridgehead atoms. The SMILES string of the molecule is CCc1noc(CN2C[C@@H](C)OC[C@H]2C)n1. The van der Waals surface area contributed by atoms with Gasteiger partial charge in [0.05, 0.1) is 19.3 Å². The van der Waals surface area contributed by atoms with Crippen LogP contribution in [0.4, 0.5) is 0 Å². The lowest BCUT2D eigenvalue weighted by molar-refractivity contribution is -0.0555.